The summed E-state index contributed by atoms with van der Waals surface area (Å²) < 4.78 is 31.6. The van der Waals surface area contributed by atoms with Gasteiger partial charge in [0.15, 0.2) is 0 Å². The lowest BCUT2D eigenvalue weighted by Gasteiger charge is -2.13. The second kappa shape index (κ2) is 8.76. The van der Waals surface area contributed by atoms with Crippen LogP contribution >= 0.6 is 0 Å². The van der Waals surface area contributed by atoms with Gasteiger partial charge in [0.05, 0.1) is 0 Å². The molecule has 1 aliphatic heterocycles. The monoisotopic (exact) mass is 357 g/mol. The summed E-state index contributed by atoms with van der Waals surface area (Å²) in [5.74, 6) is 0.879. The van der Waals surface area contributed by atoms with Crippen LogP contribution in [0.1, 0.15) is 30.9 Å². The van der Waals surface area contributed by atoms with Gasteiger partial charge in [0.25, 0.3) is 0 Å². The van der Waals surface area contributed by atoms with E-state index in [-0.39, 0.29) is 6.03 Å². The Morgan fingerprint density at radius 1 is 1.38 bits per heavy atom. The Kier molecular flexibility index (Phi) is 7.33. The predicted molar refractivity (Wildman–Crippen MR) is 93.1 cm³/mol. The van der Waals surface area contributed by atoms with Crippen molar-refractivity contribution in [2.45, 2.75) is 33.1 Å². The lowest BCUT2D eigenvalue weighted by Crippen LogP contribution is -2.22. The van der Waals surface area contributed by atoms with Crippen LogP contribution in [0.15, 0.2) is 23.2 Å². The summed E-state index contributed by atoms with van der Waals surface area (Å²) in [6, 6.07) is 5.79. The number of nitrogens with one attached hydrogen (secondary N) is 1. The third kappa shape index (κ3) is 7.07. The van der Waals surface area contributed by atoms with E-state index in [0.717, 1.165) is 48.5 Å². The molecule has 2 amide bonds. The van der Waals surface area contributed by atoms with Gasteiger partial charge in [-0.3, -0.25) is 9.11 Å². The SMILES string of the molecule is CCc1cccc(C)c1NC(=O)/N=C1\CCCN1C.O=S(=O)(O)O. The van der Waals surface area contributed by atoms with Crippen LogP contribution in [-0.2, 0) is 16.8 Å². The average Bonchev–Trinajstić information content (AvgIpc) is 2.84. The lowest BCUT2D eigenvalue weighted by atomic mass is 10.1. The van der Waals surface area contributed by atoms with E-state index < -0.39 is 10.4 Å². The molecule has 24 heavy (non-hydrogen) atoms. The number of carbonyl (C=O) groups is 1. The summed E-state index contributed by atoms with van der Waals surface area (Å²) in [5.41, 5.74) is 3.13. The van der Waals surface area contributed by atoms with Crippen LogP contribution in [0.5, 0.6) is 0 Å². The van der Waals surface area contributed by atoms with Crippen LogP contribution in [0.25, 0.3) is 0 Å². The van der Waals surface area contributed by atoms with Crippen LogP contribution in [-0.4, -0.2) is 47.9 Å². The first-order valence-electron chi connectivity index (χ1n) is 7.50. The smallest absolute Gasteiger partial charge is 0.363 e. The van der Waals surface area contributed by atoms with Crippen LogP contribution < -0.4 is 5.32 Å². The summed E-state index contributed by atoms with van der Waals surface area (Å²) >= 11 is 0. The first-order valence-corrected chi connectivity index (χ1v) is 8.89. The molecule has 2 rings (SSSR count). The van der Waals surface area contributed by atoms with Crippen LogP contribution in [0.2, 0.25) is 0 Å². The molecule has 0 bridgehead atoms. The standard InChI is InChI=1S/C15H21N3O.H2O4S/c1-4-12-8-5-7-11(2)14(12)17-15(19)16-13-9-6-10-18(13)3;1-5(2,3)4/h5,7-8H,4,6,9-10H2,1-3H3,(H,17,19);(H2,1,2,3,4)/b16-13+;. The van der Waals surface area contributed by atoms with E-state index in [4.69, 9.17) is 17.5 Å². The number of aryl methyl sites for hydroxylation is 2. The zero-order chi connectivity index (χ0) is 18.3. The molecule has 1 aromatic carbocycles. The van der Waals surface area contributed by atoms with Gasteiger partial charge >= 0.3 is 16.4 Å². The zero-order valence-corrected chi connectivity index (χ0v) is 14.8. The minimum Gasteiger partial charge on any atom is -0.363 e. The zero-order valence-electron chi connectivity index (χ0n) is 14.0. The van der Waals surface area contributed by atoms with Crippen molar-refractivity contribution in [3.05, 3.63) is 29.3 Å². The quantitative estimate of drug-likeness (QED) is 0.700. The largest absolute Gasteiger partial charge is 0.394 e. The van der Waals surface area contributed by atoms with E-state index in [1.165, 1.54) is 0 Å². The lowest BCUT2D eigenvalue weighted by molar-refractivity contribution is 0.259. The molecule has 1 aromatic rings. The molecule has 1 aliphatic rings. The van der Waals surface area contributed by atoms with Gasteiger partial charge in [0.2, 0.25) is 0 Å². The highest BCUT2D eigenvalue weighted by molar-refractivity contribution is 7.79. The van der Waals surface area contributed by atoms with Crippen molar-refractivity contribution < 1.29 is 22.3 Å². The van der Waals surface area contributed by atoms with Crippen LogP contribution in [0.4, 0.5) is 10.5 Å². The highest BCUT2D eigenvalue weighted by Crippen LogP contribution is 2.21. The Hall–Kier alpha value is -1.97. The summed E-state index contributed by atoms with van der Waals surface area (Å²) in [4.78, 5) is 18.2. The number of nitrogens with zero attached hydrogens (tertiary/aromatic N) is 2. The topological polar surface area (TPSA) is 119 Å². The van der Waals surface area contributed by atoms with Crippen molar-refractivity contribution >= 4 is 28.0 Å². The molecule has 0 radical (unpaired) electrons. The number of rotatable bonds is 2. The maximum absolute atomic E-state index is 12.0. The molecule has 0 unspecified atom stereocenters. The molecule has 1 fully saturated rings. The first kappa shape index (κ1) is 20.1. The number of urea groups is 1. The minimum atomic E-state index is -4.67. The molecule has 3 N–H and O–H groups in total. The molecule has 0 atom stereocenters. The normalized spacial score (nSPS) is 15.9. The first-order chi connectivity index (χ1) is 11.1. The number of aliphatic imine (C=N–C) groups is 1. The fourth-order valence-corrected chi connectivity index (χ4v) is 2.39. The van der Waals surface area contributed by atoms with Gasteiger partial charge in [-0.25, -0.2) is 4.79 Å². The number of likely N-dealkylation sites (tertiary alicyclic amines) is 1. The average molecular weight is 357 g/mol. The fraction of sp³-hybridized carbons (Fsp3) is 0.467. The maximum atomic E-state index is 12.0. The second-order valence-electron chi connectivity index (χ2n) is 5.39. The Bertz CT molecular complexity index is 708. The third-order valence-electron chi connectivity index (χ3n) is 3.54. The van der Waals surface area contributed by atoms with Crippen molar-refractivity contribution in [3.8, 4) is 0 Å². The second-order valence-corrected chi connectivity index (χ2v) is 6.29. The van der Waals surface area contributed by atoms with Crippen molar-refractivity contribution in [1.29, 1.82) is 0 Å². The Morgan fingerprint density at radius 3 is 2.50 bits per heavy atom. The van der Waals surface area contributed by atoms with Gasteiger partial charge in [0, 0.05) is 25.7 Å². The van der Waals surface area contributed by atoms with E-state index >= 15 is 0 Å². The fourth-order valence-electron chi connectivity index (χ4n) is 2.39. The van der Waals surface area contributed by atoms with E-state index in [0.29, 0.717) is 0 Å². The molecule has 8 nitrogen and oxygen atoms in total. The third-order valence-corrected chi connectivity index (χ3v) is 3.54. The summed E-state index contributed by atoms with van der Waals surface area (Å²) in [6.07, 6.45) is 2.86. The van der Waals surface area contributed by atoms with Gasteiger partial charge in [0.1, 0.15) is 5.84 Å². The molecule has 9 heteroatoms. The van der Waals surface area contributed by atoms with Crippen LogP contribution in [0.3, 0.4) is 0 Å². The number of hydrogen-bond donors (Lipinski definition) is 3. The summed E-state index contributed by atoms with van der Waals surface area (Å²) in [5, 5.41) is 2.92. The molecule has 0 aromatic heterocycles. The minimum absolute atomic E-state index is 0.271. The molecular formula is C15H23N3O5S. The van der Waals surface area contributed by atoms with E-state index in [2.05, 4.69) is 17.2 Å². The molecule has 134 valence electrons. The predicted octanol–water partition coefficient (Wildman–Crippen LogP) is 2.56. The number of amides is 2. The number of hydrogen-bond acceptors (Lipinski definition) is 3. The summed E-state index contributed by atoms with van der Waals surface area (Å²) in [7, 11) is -2.69. The maximum Gasteiger partial charge on any atom is 0.394 e. The molecular weight excluding hydrogens is 334 g/mol. The highest BCUT2D eigenvalue weighted by atomic mass is 32.3. The van der Waals surface area contributed by atoms with Gasteiger partial charge in [-0.05, 0) is 30.9 Å². The van der Waals surface area contributed by atoms with E-state index in [1.54, 1.807) is 0 Å². The number of benzene rings is 1. The molecule has 0 spiro atoms. The van der Waals surface area contributed by atoms with Crippen molar-refractivity contribution in [2.75, 3.05) is 18.9 Å². The van der Waals surface area contributed by atoms with Gasteiger partial charge in [-0.15, -0.1) is 0 Å². The van der Waals surface area contributed by atoms with Crippen molar-refractivity contribution in [2.24, 2.45) is 4.99 Å². The van der Waals surface area contributed by atoms with Gasteiger partial charge in [-0.1, -0.05) is 25.1 Å². The Morgan fingerprint density at radius 2 is 2.00 bits per heavy atom. The molecule has 0 saturated carbocycles. The Balaban J connectivity index is 0.000000505. The van der Waals surface area contributed by atoms with Crippen LogP contribution in [0, 0.1) is 6.92 Å². The van der Waals surface area contributed by atoms with E-state index in [1.807, 2.05) is 37.1 Å². The number of amidine groups is 1. The molecule has 0 aliphatic carbocycles. The molecule has 1 heterocycles. The molecule has 1 saturated heterocycles. The van der Waals surface area contributed by atoms with Crippen molar-refractivity contribution in [1.82, 2.24) is 4.90 Å². The highest BCUT2D eigenvalue weighted by Gasteiger charge is 2.16. The number of carbonyl (C=O) groups excluding carboxylic acids is 1. The van der Waals surface area contributed by atoms with Gasteiger partial charge < -0.3 is 10.2 Å². The van der Waals surface area contributed by atoms with Gasteiger partial charge in [-0.2, -0.15) is 13.4 Å². The number of anilines is 1. The summed E-state index contributed by atoms with van der Waals surface area (Å²) in [6.45, 7) is 5.07. The Labute approximate surface area is 142 Å². The van der Waals surface area contributed by atoms with Crippen molar-refractivity contribution in [3.63, 3.8) is 0 Å². The number of para-hydroxylation sites is 1. The van der Waals surface area contributed by atoms with E-state index in [9.17, 15) is 4.79 Å².